The molecule has 1 fully saturated rings. The molecule has 0 N–H and O–H groups in total. The van der Waals surface area contributed by atoms with Crippen LogP contribution >= 0.6 is 22.7 Å². The average Bonchev–Trinajstić information content (AvgIpc) is 3.42. The van der Waals surface area contributed by atoms with Crippen LogP contribution in [0.2, 0.25) is 0 Å². The maximum absolute atomic E-state index is 11.8. The number of thiazole rings is 1. The van der Waals surface area contributed by atoms with E-state index in [1.54, 1.807) is 11.3 Å². The van der Waals surface area contributed by atoms with Gasteiger partial charge in [0.2, 0.25) is 5.91 Å². The van der Waals surface area contributed by atoms with Crippen molar-refractivity contribution < 1.29 is 4.79 Å². The van der Waals surface area contributed by atoms with E-state index in [1.807, 2.05) is 16.2 Å². The summed E-state index contributed by atoms with van der Waals surface area (Å²) in [5.74, 6) is 0.293. The molecular formula is C21H25N3OS2. The van der Waals surface area contributed by atoms with Crippen LogP contribution in [0.25, 0.3) is 11.3 Å². The molecule has 1 aliphatic heterocycles. The third-order valence-corrected chi connectivity index (χ3v) is 7.17. The van der Waals surface area contributed by atoms with E-state index in [2.05, 4.69) is 47.4 Å². The summed E-state index contributed by atoms with van der Waals surface area (Å²) in [7, 11) is 0. The minimum absolute atomic E-state index is 0.293. The fourth-order valence-electron chi connectivity index (χ4n) is 3.80. The number of aromatic nitrogens is 2. The molecule has 0 unspecified atom stereocenters. The molecule has 0 saturated carbocycles. The van der Waals surface area contributed by atoms with Gasteiger partial charge in [-0.3, -0.25) is 4.79 Å². The first-order valence-corrected chi connectivity index (χ1v) is 11.3. The Bertz CT molecular complexity index is 924. The molecule has 0 bridgehead atoms. The highest BCUT2D eigenvalue weighted by Gasteiger charge is 2.20. The molecule has 4 nitrogen and oxygen atoms in total. The Morgan fingerprint density at radius 1 is 1.19 bits per heavy atom. The van der Waals surface area contributed by atoms with Crippen LogP contribution in [-0.4, -0.2) is 33.4 Å². The SMILES string of the molecule is Cc1cc(-c2csc(CCN3CCCC3=O)n2)c(C)n1CCc1cccs1. The van der Waals surface area contributed by atoms with Crippen molar-refractivity contribution in [3.8, 4) is 11.3 Å². The van der Waals surface area contributed by atoms with Crippen molar-refractivity contribution in [2.45, 2.75) is 46.1 Å². The van der Waals surface area contributed by atoms with E-state index in [0.29, 0.717) is 12.3 Å². The molecule has 6 heteroatoms. The predicted molar refractivity (Wildman–Crippen MR) is 113 cm³/mol. The molecule has 1 amide bonds. The van der Waals surface area contributed by atoms with Gasteiger partial charge in [-0.15, -0.1) is 22.7 Å². The lowest BCUT2D eigenvalue weighted by Crippen LogP contribution is -2.26. The van der Waals surface area contributed by atoms with Crippen molar-refractivity contribution in [1.82, 2.24) is 14.5 Å². The molecule has 4 rings (SSSR count). The van der Waals surface area contributed by atoms with E-state index in [-0.39, 0.29) is 0 Å². The Balaban J connectivity index is 1.44. The van der Waals surface area contributed by atoms with Gasteiger partial charge in [-0.05, 0) is 44.2 Å². The van der Waals surface area contributed by atoms with Crippen molar-refractivity contribution in [3.05, 3.63) is 50.2 Å². The van der Waals surface area contributed by atoms with Crippen LogP contribution in [0.1, 0.15) is 34.1 Å². The number of amides is 1. The standard InChI is InChI=1S/C21H25N3OS2/c1-15-13-18(16(2)24(15)11-7-17-5-4-12-26-17)19-14-27-20(22-19)8-10-23-9-3-6-21(23)25/h4-5,12-14H,3,6-11H2,1-2H3. The Hall–Kier alpha value is -1.92. The van der Waals surface area contributed by atoms with E-state index >= 15 is 0 Å². The molecule has 4 heterocycles. The number of carbonyl (C=O) groups excluding carboxylic acids is 1. The summed E-state index contributed by atoms with van der Waals surface area (Å²) < 4.78 is 2.40. The van der Waals surface area contributed by atoms with E-state index < -0.39 is 0 Å². The van der Waals surface area contributed by atoms with Crippen LogP contribution in [0.5, 0.6) is 0 Å². The summed E-state index contributed by atoms with van der Waals surface area (Å²) in [6.07, 6.45) is 3.63. The summed E-state index contributed by atoms with van der Waals surface area (Å²) in [4.78, 5) is 20.0. The zero-order valence-electron chi connectivity index (χ0n) is 15.9. The quantitative estimate of drug-likeness (QED) is 0.578. The molecule has 0 aromatic carbocycles. The van der Waals surface area contributed by atoms with Crippen molar-refractivity contribution in [2.24, 2.45) is 0 Å². The number of aryl methyl sites for hydroxylation is 2. The van der Waals surface area contributed by atoms with Crippen molar-refractivity contribution in [2.75, 3.05) is 13.1 Å². The van der Waals surface area contributed by atoms with Gasteiger partial charge in [0.25, 0.3) is 0 Å². The lowest BCUT2D eigenvalue weighted by atomic mass is 10.2. The van der Waals surface area contributed by atoms with Gasteiger partial charge in [0.1, 0.15) is 0 Å². The van der Waals surface area contributed by atoms with E-state index in [4.69, 9.17) is 4.98 Å². The molecule has 3 aromatic rings. The molecule has 27 heavy (non-hydrogen) atoms. The number of rotatable bonds is 7. The fraction of sp³-hybridized carbons (Fsp3) is 0.429. The van der Waals surface area contributed by atoms with Crippen LogP contribution in [0.15, 0.2) is 29.0 Å². The average molecular weight is 400 g/mol. The van der Waals surface area contributed by atoms with Gasteiger partial charge in [-0.2, -0.15) is 0 Å². The van der Waals surface area contributed by atoms with Crippen LogP contribution in [0, 0.1) is 13.8 Å². The molecular weight excluding hydrogens is 374 g/mol. The predicted octanol–water partition coefficient (Wildman–Crippen LogP) is 4.70. The molecule has 1 aliphatic rings. The van der Waals surface area contributed by atoms with E-state index in [1.165, 1.54) is 21.8 Å². The second-order valence-electron chi connectivity index (χ2n) is 7.13. The van der Waals surface area contributed by atoms with Crippen LogP contribution < -0.4 is 0 Å². The number of carbonyl (C=O) groups is 1. The van der Waals surface area contributed by atoms with Gasteiger partial charge in [0.05, 0.1) is 10.7 Å². The number of thiophene rings is 1. The lowest BCUT2D eigenvalue weighted by molar-refractivity contribution is -0.127. The second kappa shape index (κ2) is 7.98. The summed E-state index contributed by atoms with van der Waals surface area (Å²) >= 11 is 3.53. The third-order valence-electron chi connectivity index (χ3n) is 5.33. The normalized spacial score (nSPS) is 14.4. The van der Waals surface area contributed by atoms with Crippen molar-refractivity contribution in [1.29, 1.82) is 0 Å². The first kappa shape index (κ1) is 18.4. The third kappa shape index (κ3) is 4.01. The van der Waals surface area contributed by atoms with Gasteiger partial charge in [0.15, 0.2) is 0 Å². The summed E-state index contributed by atoms with van der Waals surface area (Å²) in [5.41, 5.74) is 4.88. The first-order valence-electron chi connectivity index (χ1n) is 9.53. The summed E-state index contributed by atoms with van der Waals surface area (Å²) in [6.45, 7) is 7.08. The Morgan fingerprint density at radius 2 is 2.07 bits per heavy atom. The number of likely N-dealkylation sites (tertiary alicyclic amines) is 1. The zero-order valence-corrected chi connectivity index (χ0v) is 17.5. The minimum atomic E-state index is 0.293. The van der Waals surface area contributed by atoms with Crippen molar-refractivity contribution in [3.63, 3.8) is 0 Å². The smallest absolute Gasteiger partial charge is 0.222 e. The number of nitrogens with zero attached hydrogens (tertiary/aromatic N) is 3. The molecule has 1 saturated heterocycles. The van der Waals surface area contributed by atoms with Crippen molar-refractivity contribution >= 4 is 28.6 Å². The molecule has 0 spiro atoms. The summed E-state index contributed by atoms with van der Waals surface area (Å²) in [5, 5.41) is 5.42. The second-order valence-corrected chi connectivity index (χ2v) is 9.10. The molecule has 3 aromatic heterocycles. The highest BCUT2D eigenvalue weighted by molar-refractivity contribution is 7.10. The topological polar surface area (TPSA) is 38.1 Å². The maximum Gasteiger partial charge on any atom is 0.222 e. The van der Waals surface area contributed by atoms with Crippen LogP contribution in [0.3, 0.4) is 0 Å². The first-order chi connectivity index (χ1) is 13.1. The van der Waals surface area contributed by atoms with Gasteiger partial charge >= 0.3 is 0 Å². The number of hydrogen-bond acceptors (Lipinski definition) is 4. The lowest BCUT2D eigenvalue weighted by Gasteiger charge is -2.13. The van der Waals surface area contributed by atoms with Gasteiger partial charge in [-0.1, -0.05) is 6.07 Å². The Kier molecular flexibility index (Phi) is 5.45. The highest BCUT2D eigenvalue weighted by Crippen LogP contribution is 2.29. The largest absolute Gasteiger partial charge is 0.348 e. The Labute approximate surface area is 168 Å². The maximum atomic E-state index is 11.8. The number of hydrogen-bond donors (Lipinski definition) is 0. The van der Waals surface area contributed by atoms with E-state index in [0.717, 1.165) is 49.6 Å². The van der Waals surface area contributed by atoms with E-state index in [9.17, 15) is 4.79 Å². The zero-order chi connectivity index (χ0) is 18.8. The summed E-state index contributed by atoms with van der Waals surface area (Å²) in [6, 6.07) is 6.58. The monoisotopic (exact) mass is 399 g/mol. The molecule has 0 aliphatic carbocycles. The molecule has 0 atom stereocenters. The molecule has 0 radical (unpaired) electrons. The van der Waals surface area contributed by atoms with Crippen LogP contribution in [-0.2, 0) is 24.2 Å². The Morgan fingerprint density at radius 3 is 2.81 bits per heavy atom. The van der Waals surface area contributed by atoms with Crippen LogP contribution in [0.4, 0.5) is 0 Å². The van der Waals surface area contributed by atoms with Gasteiger partial charge in [-0.25, -0.2) is 4.98 Å². The van der Waals surface area contributed by atoms with Gasteiger partial charge in [0, 0.05) is 59.7 Å². The minimum Gasteiger partial charge on any atom is -0.348 e. The molecule has 142 valence electrons. The highest BCUT2D eigenvalue weighted by atomic mass is 32.1. The fourth-order valence-corrected chi connectivity index (χ4v) is 5.29. The van der Waals surface area contributed by atoms with Gasteiger partial charge < -0.3 is 9.47 Å².